The zero-order chi connectivity index (χ0) is 13.5. The van der Waals surface area contributed by atoms with Gasteiger partial charge in [0.25, 0.3) is 5.91 Å². The van der Waals surface area contributed by atoms with Gasteiger partial charge in [-0.1, -0.05) is 19.9 Å². The molecule has 0 radical (unpaired) electrons. The largest absolute Gasteiger partial charge is 0.481 e. The third-order valence-electron chi connectivity index (χ3n) is 2.33. The summed E-state index contributed by atoms with van der Waals surface area (Å²) in [5.41, 5.74) is 0.516. The molecule has 18 heavy (non-hydrogen) atoms. The van der Waals surface area contributed by atoms with E-state index >= 15 is 0 Å². The van der Waals surface area contributed by atoms with Crippen molar-refractivity contribution in [3.8, 4) is 11.8 Å². The molecule has 1 amide bonds. The molecule has 0 bridgehead atoms. The highest BCUT2D eigenvalue weighted by Gasteiger charge is 2.14. The molecule has 4 nitrogen and oxygen atoms in total. The maximum absolute atomic E-state index is 11.7. The van der Waals surface area contributed by atoms with Crippen LogP contribution in [0.15, 0.2) is 24.3 Å². The second-order valence-corrected chi connectivity index (χ2v) is 4.54. The van der Waals surface area contributed by atoms with Crippen LogP contribution in [-0.2, 0) is 4.79 Å². The standard InChI is InChI=1S/C14H18N2O2/c1-10(2)9-16-14(17)11(3)18-13-6-4-5-12(7-13)8-15/h4-7,10-11H,9H2,1-3H3,(H,16,17). The van der Waals surface area contributed by atoms with Crippen LogP contribution < -0.4 is 10.1 Å². The molecule has 4 heteroatoms. The number of ether oxygens (including phenoxy) is 1. The van der Waals surface area contributed by atoms with E-state index in [-0.39, 0.29) is 5.91 Å². The van der Waals surface area contributed by atoms with Crippen LogP contribution in [0.5, 0.6) is 5.75 Å². The first-order chi connectivity index (χ1) is 8.52. The first-order valence-electron chi connectivity index (χ1n) is 5.97. The Balaban J connectivity index is 2.55. The third kappa shape index (κ3) is 4.46. The average Bonchev–Trinajstić information content (AvgIpc) is 2.36. The Kier molecular flexibility index (Phi) is 5.19. The molecule has 0 saturated carbocycles. The second-order valence-electron chi connectivity index (χ2n) is 4.54. The summed E-state index contributed by atoms with van der Waals surface area (Å²) >= 11 is 0. The Labute approximate surface area is 108 Å². The zero-order valence-corrected chi connectivity index (χ0v) is 10.9. The molecule has 0 saturated heterocycles. The molecule has 96 valence electrons. The Morgan fingerprint density at radius 1 is 1.44 bits per heavy atom. The fourth-order valence-corrected chi connectivity index (χ4v) is 1.35. The first-order valence-corrected chi connectivity index (χ1v) is 5.97. The fraction of sp³-hybridized carbons (Fsp3) is 0.429. The van der Waals surface area contributed by atoms with Crippen LogP contribution in [0.2, 0.25) is 0 Å². The third-order valence-corrected chi connectivity index (χ3v) is 2.33. The molecule has 0 aliphatic rings. The Bertz CT molecular complexity index is 449. The van der Waals surface area contributed by atoms with Crippen molar-refractivity contribution in [2.24, 2.45) is 5.92 Å². The van der Waals surface area contributed by atoms with Gasteiger partial charge in [-0.25, -0.2) is 0 Å². The van der Waals surface area contributed by atoms with Crippen molar-refractivity contribution < 1.29 is 9.53 Å². The molecule has 0 aliphatic heterocycles. The molecule has 0 spiro atoms. The van der Waals surface area contributed by atoms with Gasteiger partial charge >= 0.3 is 0 Å². The van der Waals surface area contributed by atoms with Crippen LogP contribution in [0.25, 0.3) is 0 Å². The molecule has 0 heterocycles. The van der Waals surface area contributed by atoms with Crippen molar-refractivity contribution in [1.29, 1.82) is 5.26 Å². The predicted octanol–water partition coefficient (Wildman–Crippen LogP) is 2.10. The summed E-state index contributed by atoms with van der Waals surface area (Å²) < 4.78 is 5.49. The summed E-state index contributed by atoms with van der Waals surface area (Å²) in [5, 5.41) is 11.6. The SMILES string of the molecule is CC(C)CNC(=O)C(C)Oc1cccc(C#N)c1. The second kappa shape index (κ2) is 6.65. The van der Waals surface area contributed by atoms with E-state index in [4.69, 9.17) is 10.00 Å². The van der Waals surface area contributed by atoms with E-state index in [1.54, 1.807) is 31.2 Å². The molecule has 1 unspecified atom stereocenters. The van der Waals surface area contributed by atoms with Crippen molar-refractivity contribution in [3.63, 3.8) is 0 Å². The van der Waals surface area contributed by atoms with Gasteiger partial charge in [-0.3, -0.25) is 4.79 Å². The van der Waals surface area contributed by atoms with Crippen molar-refractivity contribution >= 4 is 5.91 Å². The van der Waals surface area contributed by atoms with Crippen LogP contribution in [0.4, 0.5) is 0 Å². The Morgan fingerprint density at radius 3 is 2.78 bits per heavy atom. The summed E-state index contributed by atoms with van der Waals surface area (Å²) in [4.78, 5) is 11.7. The number of carbonyl (C=O) groups excluding carboxylic acids is 1. The summed E-state index contributed by atoms with van der Waals surface area (Å²) in [6, 6.07) is 8.80. The van der Waals surface area contributed by atoms with E-state index in [0.29, 0.717) is 23.8 Å². The molecular weight excluding hydrogens is 228 g/mol. The van der Waals surface area contributed by atoms with Crippen LogP contribution in [0.1, 0.15) is 26.3 Å². The average molecular weight is 246 g/mol. The van der Waals surface area contributed by atoms with E-state index < -0.39 is 6.10 Å². The fourth-order valence-electron chi connectivity index (χ4n) is 1.35. The van der Waals surface area contributed by atoms with Gasteiger partial charge in [-0.2, -0.15) is 5.26 Å². The topological polar surface area (TPSA) is 62.1 Å². The number of hydrogen-bond donors (Lipinski definition) is 1. The lowest BCUT2D eigenvalue weighted by molar-refractivity contribution is -0.127. The van der Waals surface area contributed by atoms with Crippen molar-refractivity contribution in [1.82, 2.24) is 5.32 Å². The molecule has 1 aromatic rings. The highest BCUT2D eigenvalue weighted by Crippen LogP contribution is 2.14. The number of carbonyl (C=O) groups is 1. The number of nitriles is 1. The highest BCUT2D eigenvalue weighted by atomic mass is 16.5. The summed E-state index contributed by atoms with van der Waals surface area (Å²) in [5.74, 6) is 0.787. The van der Waals surface area contributed by atoms with Gasteiger partial charge in [0.05, 0.1) is 11.6 Å². The van der Waals surface area contributed by atoms with Gasteiger partial charge in [0.15, 0.2) is 6.10 Å². The molecule has 1 rings (SSSR count). The molecule has 1 atom stereocenters. The maximum atomic E-state index is 11.7. The Morgan fingerprint density at radius 2 is 2.17 bits per heavy atom. The number of rotatable bonds is 5. The predicted molar refractivity (Wildman–Crippen MR) is 69.1 cm³/mol. The number of amides is 1. The van der Waals surface area contributed by atoms with Crippen molar-refractivity contribution in [2.45, 2.75) is 26.9 Å². The number of nitrogens with one attached hydrogen (secondary N) is 1. The summed E-state index contributed by atoms with van der Waals surface area (Å²) in [6.07, 6.45) is -0.572. The van der Waals surface area contributed by atoms with E-state index in [0.717, 1.165) is 0 Å². The minimum absolute atomic E-state index is 0.147. The lowest BCUT2D eigenvalue weighted by Gasteiger charge is -2.15. The van der Waals surface area contributed by atoms with E-state index in [2.05, 4.69) is 5.32 Å². The van der Waals surface area contributed by atoms with Gasteiger partial charge in [-0.05, 0) is 31.0 Å². The highest BCUT2D eigenvalue weighted by molar-refractivity contribution is 5.80. The van der Waals surface area contributed by atoms with Crippen molar-refractivity contribution in [2.75, 3.05) is 6.54 Å². The normalized spacial score (nSPS) is 11.7. The van der Waals surface area contributed by atoms with Gasteiger partial charge in [0.2, 0.25) is 0 Å². The van der Waals surface area contributed by atoms with Gasteiger partial charge < -0.3 is 10.1 Å². The maximum Gasteiger partial charge on any atom is 0.260 e. The molecule has 0 aromatic heterocycles. The van der Waals surface area contributed by atoms with E-state index in [1.807, 2.05) is 19.9 Å². The smallest absolute Gasteiger partial charge is 0.260 e. The first kappa shape index (κ1) is 14.0. The monoisotopic (exact) mass is 246 g/mol. The van der Waals surface area contributed by atoms with Gasteiger partial charge in [-0.15, -0.1) is 0 Å². The minimum Gasteiger partial charge on any atom is -0.481 e. The quantitative estimate of drug-likeness (QED) is 0.865. The van der Waals surface area contributed by atoms with E-state index in [9.17, 15) is 4.79 Å². The minimum atomic E-state index is -0.572. The zero-order valence-electron chi connectivity index (χ0n) is 10.9. The summed E-state index contributed by atoms with van der Waals surface area (Å²) in [6.45, 7) is 6.38. The van der Waals surface area contributed by atoms with Crippen LogP contribution >= 0.6 is 0 Å². The molecule has 1 aromatic carbocycles. The Hall–Kier alpha value is -2.02. The molecule has 1 N–H and O–H groups in total. The van der Waals surface area contributed by atoms with Crippen molar-refractivity contribution in [3.05, 3.63) is 29.8 Å². The van der Waals surface area contributed by atoms with Crippen LogP contribution in [0.3, 0.4) is 0 Å². The molecule has 0 aliphatic carbocycles. The van der Waals surface area contributed by atoms with Crippen LogP contribution in [-0.4, -0.2) is 18.6 Å². The molecule has 0 fully saturated rings. The van der Waals surface area contributed by atoms with Gasteiger partial charge in [0, 0.05) is 6.54 Å². The summed E-state index contributed by atoms with van der Waals surface area (Å²) in [7, 11) is 0. The van der Waals surface area contributed by atoms with Gasteiger partial charge in [0.1, 0.15) is 5.75 Å². The number of hydrogen-bond acceptors (Lipinski definition) is 3. The molecular formula is C14H18N2O2. The lowest BCUT2D eigenvalue weighted by Crippen LogP contribution is -2.38. The van der Waals surface area contributed by atoms with Crippen LogP contribution in [0, 0.1) is 17.2 Å². The number of nitrogens with zero attached hydrogens (tertiary/aromatic N) is 1. The number of benzene rings is 1. The van der Waals surface area contributed by atoms with E-state index in [1.165, 1.54) is 0 Å². The lowest BCUT2D eigenvalue weighted by atomic mass is 10.2.